The summed E-state index contributed by atoms with van der Waals surface area (Å²) in [5, 5.41) is 23.6. The quantitative estimate of drug-likeness (QED) is 0.450. The molecule has 0 saturated heterocycles. The molecule has 0 heterocycles. The molecule has 9 nitrogen and oxygen atoms in total. The summed E-state index contributed by atoms with van der Waals surface area (Å²) in [6.45, 7) is 3.73. The third-order valence-electron chi connectivity index (χ3n) is 1.20. The number of hydrogen-bond donors (Lipinski definition) is 3. The number of carboxylic acid groups (broad SMARTS) is 3. The number of ketones is 3. The van der Waals surface area contributed by atoms with E-state index in [0.29, 0.717) is 0 Å². The van der Waals surface area contributed by atoms with E-state index in [2.05, 4.69) is 0 Å². The first-order valence-corrected chi connectivity index (χ1v) is 5.52. The van der Waals surface area contributed by atoms with Crippen LogP contribution in [0.25, 0.3) is 0 Å². The molecule has 10 heteroatoms. The zero-order valence-corrected chi connectivity index (χ0v) is 13.9. The minimum Gasteiger partial charge on any atom is -0.481 e. The number of Topliss-reactive ketones (excluding diaryl/α,β-unsaturated/α-hetero) is 3. The maximum atomic E-state index is 9.87. The van der Waals surface area contributed by atoms with Gasteiger partial charge in [-0.05, 0) is 20.8 Å². The number of carboxylic acids is 3. The van der Waals surface area contributed by atoms with Crippen molar-refractivity contribution in [3.05, 3.63) is 0 Å². The van der Waals surface area contributed by atoms with Crippen LogP contribution < -0.4 is 0 Å². The number of rotatable bonds is 6. The van der Waals surface area contributed by atoms with Crippen molar-refractivity contribution < 1.29 is 91.0 Å². The largest absolute Gasteiger partial charge is 0.481 e. The van der Waals surface area contributed by atoms with Gasteiger partial charge in [0.1, 0.15) is 36.6 Å². The van der Waals surface area contributed by atoms with Gasteiger partial charge in [-0.1, -0.05) is 0 Å². The van der Waals surface area contributed by atoms with E-state index in [1.54, 1.807) is 0 Å². The fraction of sp³-hybridized carbons (Fsp3) is 0.500. The Bertz CT molecular complexity index is 317. The zero-order chi connectivity index (χ0) is 17.6. The van der Waals surface area contributed by atoms with Crippen molar-refractivity contribution in [1.82, 2.24) is 0 Å². The van der Waals surface area contributed by atoms with E-state index in [1.807, 2.05) is 0 Å². The van der Waals surface area contributed by atoms with Crippen molar-refractivity contribution >= 4 is 35.3 Å². The van der Waals surface area contributed by atoms with E-state index in [0.717, 1.165) is 0 Å². The standard InChI is InChI=1S/3C4H6O3.Yb/c3*1-3(5)2-4(6)7;/h3*2H2,1H3,(H,6,7);. The Morgan fingerprint density at radius 3 is 0.682 bits per heavy atom. The third-order valence-corrected chi connectivity index (χ3v) is 1.20. The van der Waals surface area contributed by atoms with Gasteiger partial charge in [0.2, 0.25) is 0 Å². The minimum absolute atomic E-state index is 0. The summed E-state index contributed by atoms with van der Waals surface area (Å²) in [6.07, 6.45) is -1.08. The molecule has 134 valence electrons. The Labute approximate surface area is 165 Å². The van der Waals surface area contributed by atoms with Gasteiger partial charge in [0, 0.05) is 46.9 Å². The van der Waals surface area contributed by atoms with Gasteiger partial charge in [0.25, 0.3) is 0 Å². The van der Waals surface area contributed by atoms with Gasteiger partial charge in [-0.2, -0.15) is 0 Å². The van der Waals surface area contributed by atoms with Crippen molar-refractivity contribution in [2.75, 3.05) is 0 Å². The molecular weight excluding hydrogens is 461 g/mol. The van der Waals surface area contributed by atoms with Crippen molar-refractivity contribution in [2.45, 2.75) is 40.0 Å². The van der Waals surface area contributed by atoms with Crippen LogP contribution in [0.3, 0.4) is 0 Å². The van der Waals surface area contributed by atoms with Gasteiger partial charge in [-0.25, -0.2) is 0 Å². The molecule has 0 aliphatic rings. The van der Waals surface area contributed by atoms with Crippen LogP contribution in [-0.2, 0) is 28.8 Å². The van der Waals surface area contributed by atoms with Gasteiger partial charge in [0.05, 0.1) is 0 Å². The molecule has 0 aromatic rings. The Hall–Kier alpha value is -1.06. The fourth-order valence-corrected chi connectivity index (χ4v) is 0.639. The average Bonchev–Trinajstić information content (AvgIpc) is 2.10. The number of carbonyl (C=O) groups is 6. The van der Waals surface area contributed by atoms with Gasteiger partial charge < -0.3 is 15.3 Å². The molecule has 0 aromatic heterocycles. The predicted molar refractivity (Wildman–Crippen MR) is 68.8 cm³/mol. The van der Waals surface area contributed by atoms with Crippen LogP contribution in [0.1, 0.15) is 40.0 Å². The van der Waals surface area contributed by atoms with Crippen LogP contribution in [0.5, 0.6) is 0 Å². The van der Waals surface area contributed by atoms with E-state index < -0.39 is 17.9 Å². The smallest absolute Gasteiger partial charge is 0.310 e. The van der Waals surface area contributed by atoms with Crippen LogP contribution in [0, 0.1) is 46.9 Å². The van der Waals surface area contributed by atoms with Gasteiger partial charge >= 0.3 is 17.9 Å². The Balaban J connectivity index is -0.000000108. The maximum Gasteiger partial charge on any atom is 0.310 e. The van der Waals surface area contributed by atoms with Crippen molar-refractivity contribution in [3.63, 3.8) is 0 Å². The maximum absolute atomic E-state index is 9.87. The molecule has 0 radical (unpaired) electrons. The summed E-state index contributed by atoms with van der Waals surface area (Å²) in [7, 11) is 0. The van der Waals surface area contributed by atoms with Crippen LogP contribution in [0.4, 0.5) is 0 Å². The second kappa shape index (κ2) is 18.0. The van der Waals surface area contributed by atoms with E-state index in [-0.39, 0.29) is 83.5 Å². The second-order valence-corrected chi connectivity index (χ2v) is 3.82. The van der Waals surface area contributed by atoms with Crippen LogP contribution in [-0.4, -0.2) is 50.6 Å². The topological polar surface area (TPSA) is 163 Å². The van der Waals surface area contributed by atoms with Crippen LogP contribution in [0.15, 0.2) is 0 Å². The summed E-state index contributed by atoms with van der Waals surface area (Å²) in [4.78, 5) is 58.4. The first-order chi connectivity index (χ1) is 9.38. The summed E-state index contributed by atoms with van der Waals surface area (Å²) >= 11 is 0. The Kier molecular flexibility index (Phi) is 23.7. The second-order valence-electron chi connectivity index (χ2n) is 3.82. The Morgan fingerprint density at radius 1 is 0.545 bits per heavy atom. The van der Waals surface area contributed by atoms with Gasteiger partial charge in [0.15, 0.2) is 0 Å². The molecule has 0 spiro atoms. The molecule has 0 saturated carbocycles. The third kappa shape index (κ3) is 50.9. The molecule has 0 aliphatic carbocycles. The van der Waals surface area contributed by atoms with E-state index >= 15 is 0 Å². The van der Waals surface area contributed by atoms with Crippen molar-refractivity contribution in [2.24, 2.45) is 0 Å². The first kappa shape index (κ1) is 29.0. The number of hydrogen-bond acceptors (Lipinski definition) is 6. The summed E-state index contributed by atoms with van der Waals surface area (Å²) in [6, 6.07) is 0. The molecular formula is C12H18O9Yb. The van der Waals surface area contributed by atoms with Crippen molar-refractivity contribution in [3.8, 4) is 0 Å². The first-order valence-electron chi connectivity index (χ1n) is 5.52. The number of aliphatic carboxylic acids is 3. The monoisotopic (exact) mass is 480 g/mol. The van der Waals surface area contributed by atoms with Gasteiger partial charge in [-0.15, -0.1) is 0 Å². The average molecular weight is 479 g/mol. The van der Waals surface area contributed by atoms with E-state index in [9.17, 15) is 28.8 Å². The zero-order valence-electron chi connectivity index (χ0n) is 12.2. The van der Waals surface area contributed by atoms with E-state index in [4.69, 9.17) is 15.3 Å². The molecule has 0 atom stereocenters. The van der Waals surface area contributed by atoms with E-state index in [1.165, 1.54) is 20.8 Å². The predicted octanol–water partition coefficient (Wildman–Crippen LogP) is 0.150. The molecule has 0 aromatic carbocycles. The molecule has 0 amide bonds. The fourth-order valence-electron chi connectivity index (χ4n) is 0.639. The molecule has 0 fully saturated rings. The molecule has 0 aliphatic heterocycles. The molecule has 0 bridgehead atoms. The molecule has 3 N–H and O–H groups in total. The SMILES string of the molecule is CC(=O)CC(=O)O.CC(=O)CC(=O)O.CC(=O)CC(=O)O.[Yb]. The molecule has 0 rings (SSSR count). The number of carbonyl (C=O) groups excluding carboxylic acids is 3. The normalized spacial score (nSPS) is 7.77. The summed E-state index contributed by atoms with van der Waals surface area (Å²) in [5.74, 6) is -4.12. The van der Waals surface area contributed by atoms with Gasteiger partial charge in [-0.3, -0.25) is 28.8 Å². The minimum atomic E-state index is -1.06. The summed E-state index contributed by atoms with van der Waals surface area (Å²) < 4.78 is 0. The van der Waals surface area contributed by atoms with Crippen LogP contribution in [0.2, 0.25) is 0 Å². The summed E-state index contributed by atoms with van der Waals surface area (Å²) in [5.41, 5.74) is 0. The van der Waals surface area contributed by atoms with Crippen LogP contribution >= 0.6 is 0 Å². The Morgan fingerprint density at radius 2 is 0.682 bits per heavy atom. The molecule has 0 unspecified atom stereocenters. The molecule has 22 heavy (non-hydrogen) atoms. The van der Waals surface area contributed by atoms with Crippen molar-refractivity contribution in [1.29, 1.82) is 0 Å².